The molecule has 216 valence electrons. The molecule has 4 aromatic rings. The van der Waals surface area contributed by atoms with Crippen molar-refractivity contribution >= 4 is 54.9 Å². The maximum atomic E-state index is 14.1. The fourth-order valence-corrected chi connectivity index (χ4v) is 12.3. The molecule has 2 heterocycles. The molecule has 0 saturated carbocycles. The zero-order valence-electron chi connectivity index (χ0n) is 22.4. The second-order valence-electron chi connectivity index (χ2n) is 9.77. The normalized spacial score (nSPS) is 11.2. The Morgan fingerprint density at radius 3 is 1.97 bits per heavy atom. The van der Waals surface area contributed by atoms with Crippen molar-refractivity contribution < 1.29 is 24.0 Å². The number of carbonyl (C=O) groups excluding carboxylic acids is 1. The first-order valence-corrected chi connectivity index (χ1v) is 14.2. The van der Waals surface area contributed by atoms with Crippen molar-refractivity contribution in [1.82, 2.24) is 9.22 Å². The van der Waals surface area contributed by atoms with Crippen LogP contribution in [0.3, 0.4) is 0 Å². The lowest BCUT2D eigenvalue weighted by Gasteiger charge is -2.44. The third kappa shape index (κ3) is 7.13. The molecule has 7 nitrogen and oxygen atoms in total. The van der Waals surface area contributed by atoms with Gasteiger partial charge in [-0.1, -0.05) is 54.1 Å². The average Bonchev–Trinajstić information content (AvgIpc) is 3.47. The summed E-state index contributed by atoms with van der Waals surface area (Å²) in [4.78, 5) is 13.8. The van der Waals surface area contributed by atoms with Crippen molar-refractivity contribution in [1.29, 1.82) is 0 Å². The van der Waals surface area contributed by atoms with Gasteiger partial charge in [0.05, 0.1) is 11.8 Å². The molecular formula is C28H41ClF2N4O3Si. The number of oxime groups is 1. The summed E-state index contributed by atoms with van der Waals surface area (Å²) < 4.78 is 29.7. The molecule has 0 unspecified atom stereocenters. The molecule has 2 aromatic heterocycles. The second-order valence-corrected chi connectivity index (χ2v) is 15.5. The van der Waals surface area contributed by atoms with E-state index in [1.54, 1.807) is 18.3 Å². The fourth-order valence-electron chi connectivity index (χ4n) is 5.69. The van der Waals surface area contributed by atoms with Crippen LogP contribution in [0.15, 0.2) is 53.9 Å². The molecule has 0 radical (unpaired) electrons. The highest BCUT2D eigenvalue weighted by Crippen LogP contribution is 2.44. The smallest absolute Gasteiger partial charge is 0.169 e. The number of H-pyrrole nitrogens is 1. The van der Waals surface area contributed by atoms with Gasteiger partial charge in [-0.2, -0.15) is 0 Å². The van der Waals surface area contributed by atoms with E-state index in [1.807, 2.05) is 12.1 Å². The highest BCUT2D eigenvalue weighted by molar-refractivity contribution is 6.82. The lowest BCUT2D eigenvalue weighted by molar-refractivity contribution is 0.112. The molecule has 5 N–H and O–H groups in total. The topological polar surface area (TPSA) is 117 Å². The molecule has 11 heteroatoms. The third-order valence-electron chi connectivity index (χ3n) is 6.99. The Morgan fingerprint density at radius 2 is 1.46 bits per heavy atom. The number of nitrogens with two attached hydrogens (primary N) is 1. The molecule has 2 aromatic carbocycles. The number of benzene rings is 2. The number of rotatable bonds is 6. The first kappa shape index (κ1) is 35.9. The summed E-state index contributed by atoms with van der Waals surface area (Å²) in [6.45, 7) is 13.7. The lowest BCUT2D eigenvalue weighted by atomic mass is 10.1. The number of carbonyl (C=O) groups is 1. The molecule has 0 fully saturated rings. The van der Waals surface area contributed by atoms with Gasteiger partial charge in [-0.05, 0) is 64.6 Å². The third-order valence-corrected chi connectivity index (χ3v) is 13.8. The zero-order valence-corrected chi connectivity index (χ0v) is 24.3. The van der Waals surface area contributed by atoms with E-state index in [1.165, 1.54) is 12.1 Å². The minimum atomic E-state index is -1.90. The van der Waals surface area contributed by atoms with Gasteiger partial charge in [-0.15, -0.1) is 12.4 Å². The van der Waals surface area contributed by atoms with Gasteiger partial charge in [0.2, 0.25) is 0 Å². The van der Waals surface area contributed by atoms with Gasteiger partial charge in [0.25, 0.3) is 0 Å². The Labute approximate surface area is 236 Å². The minimum Gasteiger partial charge on any atom is -0.411 e. The van der Waals surface area contributed by atoms with Gasteiger partial charge >= 0.3 is 0 Å². The molecule has 0 saturated heterocycles. The van der Waals surface area contributed by atoms with Crippen LogP contribution < -0.4 is 5.90 Å². The summed E-state index contributed by atoms with van der Waals surface area (Å²) in [7, 11) is -1.90. The molecule has 39 heavy (non-hydrogen) atoms. The summed E-state index contributed by atoms with van der Waals surface area (Å²) in [5.41, 5.74) is 3.68. The quantitative estimate of drug-likeness (QED) is 0.0603. The first-order chi connectivity index (χ1) is 17.6. The van der Waals surface area contributed by atoms with Gasteiger partial charge < -0.3 is 19.6 Å². The number of aromatic nitrogens is 2. The number of aldehydes is 1. The van der Waals surface area contributed by atoms with Gasteiger partial charge in [0.15, 0.2) is 14.5 Å². The van der Waals surface area contributed by atoms with Gasteiger partial charge in [0, 0.05) is 28.2 Å². The largest absolute Gasteiger partial charge is 0.411 e. The molecule has 0 atom stereocenters. The first-order valence-electron chi connectivity index (χ1n) is 12.0. The summed E-state index contributed by atoms with van der Waals surface area (Å²) in [5.74, 6) is 2.66. The van der Waals surface area contributed by atoms with Gasteiger partial charge in [0.1, 0.15) is 11.6 Å². The molecule has 0 aliphatic carbocycles. The molecule has 0 spiro atoms. The van der Waals surface area contributed by atoms with E-state index in [4.69, 9.17) is 10.4 Å². The Hall–Kier alpha value is -3.05. The van der Waals surface area contributed by atoms with E-state index in [0.29, 0.717) is 22.9 Å². The summed E-state index contributed by atoms with van der Waals surface area (Å²) in [6.07, 6.45) is 5.49. The maximum absolute atomic E-state index is 14.1. The Morgan fingerprint density at radius 1 is 0.923 bits per heavy atom. The molecule has 0 bridgehead atoms. The van der Waals surface area contributed by atoms with E-state index in [-0.39, 0.29) is 31.0 Å². The Balaban J connectivity index is 0.000000729. The van der Waals surface area contributed by atoms with E-state index < -0.39 is 19.9 Å². The van der Waals surface area contributed by atoms with Crippen molar-refractivity contribution in [3.63, 3.8) is 0 Å². The monoisotopic (exact) mass is 582 g/mol. The summed E-state index contributed by atoms with van der Waals surface area (Å²) in [5, 5.41) is 19.4. The molecule has 0 aliphatic heterocycles. The van der Waals surface area contributed by atoms with Crippen LogP contribution in [0, 0.1) is 11.6 Å². The van der Waals surface area contributed by atoms with Gasteiger partial charge in [-0.25, -0.2) is 14.7 Å². The van der Waals surface area contributed by atoms with Crippen LogP contribution >= 0.6 is 12.4 Å². The Bertz CT molecular complexity index is 1350. The fraction of sp³-hybridized carbons (Fsp3) is 0.357. The zero-order chi connectivity index (χ0) is 27.9. The number of halogens is 3. The number of nitrogens with one attached hydrogen (secondary N) is 1. The highest BCUT2D eigenvalue weighted by Gasteiger charge is 2.45. The van der Waals surface area contributed by atoms with E-state index in [0.717, 1.165) is 28.0 Å². The van der Waals surface area contributed by atoms with Crippen molar-refractivity contribution in [2.75, 3.05) is 0 Å². The second kappa shape index (κ2) is 15.5. The van der Waals surface area contributed by atoms with Crippen LogP contribution in [0.2, 0.25) is 16.6 Å². The van der Waals surface area contributed by atoms with Crippen molar-refractivity contribution in [2.45, 2.75) is 65.6 Å². The van der Waals surface area contributed by atoms with E-state index >= 15 is 0 Å². The number of hydrogen-bond donors (Lipinski definition) is 4. The number of fused-ring (bicyclic) bond motifs is 2. The van der Waals surface area contributed by atoms with E-state index in [2.05, 4.69) is 68.0 Å². The van der Waals surface area contributed by atoms with E-state index in [9.17, 15) is 13.6 Å². The van der Waals surface area contributed by atoms with Crippen LogP contribution in [-0.4, -0.2) is 40.4 Å². The lowest BCUT2D eigenvalue weighted by Crippen LogP contribution is -2.51. The Kier molecular flexibility index (Phi) is 14.3. The van der Waals surface area contributed by atoms with Gasteiger partial charge in [-0.3, -0.25) is 4.79 Å². The minimum absolute atomic E-state index is 0. The number of hydrogen-bond acceptors (Lipinski definition) is 5. The maximum Gasteiger partial charge on any atom is 0.169 e. The molecule has 0 amide bonds. The average molecular weight is 583 g/mol. The van der Waals surface area contributed by atoms with Crippen molar-refractivity contribution in [3.8, 4) is 0 Å². The van der Waals surface area contributed by atoms with Crippen molar-refractivity contribution in [2.24, 2.45) is 11.1 Å². The number of aromatic amines is 1. The van der Waals surface area contributed by atoms with Crippen LogP contribution in [0.25, 0.3) is 21.8 Å². The molecular weight excluding hydrogens is 542 g/mol. The predicted molar refractivity (Wildman–Crippen MR) is 161 cm³/mol. The standard InChI is InChI=1S/C18H26FNOSi.C9H7FN2O.CH4.ClH.H3NO/c1-12(2)22(13(3)4,14(5)6)20-8-7-15-9-16(11-21)17(19)10-18(15)20;10-8-4-9-6(1-2-11-9)3-7(8)5-12-13;;;1-2/h7-14H,1-6H3;1-5,11,13H;1H4;1H;2H,1H2/b;12-5+;;;. The van der Waals surface area contributed by atoms with Crippen molar-refractivity contribution in [3.05, 3.63) is 71.6 Å². The highest BCUT2D eigenvalue weighted by atomic mass is 35.5. The SMILES string of the molecule is C.CC(C)[Si](C(C)C)(C(C)C)n1ccc2cc(C=O)c(F)cc21.Cl.NO.O/N=C/c1cc2cc[nH]c2cc1F. The predicted octanol–water partition coefficient (Wildman–Crippen LogP) is 8.12. The summed E-state index contributed by atoms with van der Waals surface area (Å²) in [6, 6.07) is 10.0. The van der Waals surface area contributed by atoms with Crippen LogP contribution in [0.1, 0.15) is 64.9 Å². The van der Waals surface area contributed by atoms with Crippen LogP contribution in [0.5, 0.6) is 0 Å². The molecule has 4 rings (SSSR count). The number of nitrogens with zero attached hydrogens (tertiary/aromatic N) is 2. The van der Waals surface area contributed by atoms with Crippen LogP contribution in [-0.2, 0) is 0 Å². The van der Waals surface area contributed by atoms with Crippen LogP contribution in [0.4, 0.5) is 8.78 Å². The summed E-state index contributed by atoms with van der Waals surface area (Å²) >= 11 is 0. The molecule has 0 aliphatic rings.